The number of hydrogen-bond acceptors (Lipinski definition) is 0. The van der Waals surface area contributed by atoms with Gasteiger partial charge in [0.25, 0.3) is 0 Å². The van der Waals surface area contributed by atoms with Crippen LogP contribution in [-0.4, -0.2) is 0 Å². The van der Waals surface area contributed by atoms with Crippen LogP contribution in [0.5, 0.6) is 0 Å². The van der Waals surface area contributed by atoms with E-state index in [9.17, 15) is 0 Å². The topological polar surface area (TPSA) is 0 Å². The molecule has 0 N–H and O–H groups in total. The van der Waals surface area contributed by atoms with Crippen molar-refractivity contribution in [1.82, 2.24) is 0 Å². The van der Waals surface area contributed by atoms with Crippen molar-refractivity contribution >= 4 is 0 Å². The van der Waals surface area contributed by atoms with Crippen molar-refractivity contribution in [3.05, 3.63) is 12.2 Å². The molecule has 0 aromatic carbocycles. The fourth-order valence-electron chi connectivity index (χ4n) is 6.78. The molecule has 0 aliphatic heterocycles. The van der Waals surface area contributed by atoms with Gasteiger partial charge >= 0.3 is 0 Å². The first-order chi connectivity index (χ1) is 10.6. The molecule has 0 aromatic heterocycles. The molecule has 3 fully saturated rings. The normalized spacial score (nSPS) is 45.3. The maximum Gasteiger partial charge on any atom is -0.0229 e. The smallest absolute Gasteiger partial charge is 0.0229 e. The molecule has 0 radical (unpaired) electrons. The summed E-state index contributed by atoms with van der Waals surface area (Å²) in [5.41, 5.74) is 3.24. The van der Waals surface area contributed by atoms with Gasteiger partial charge in [-0.2, -0.15) is 0 Å². The number of hydrogen-bond donors (Lipinski definition) is 0. The quantitative estimate of drug-likeness (QED) is 0.402. The summed E-state index contributed by atoms with van der Waals surface area (Å²) in [6.07, 6.45) is 11.2. The van der Waals surface area contributed by atoms with Gasteiger partial charge in [-0.05, 0) is 72.5 Å². The van der Waals surface area contributed by atoms with E-state index in [2.05, 4.69) is 55.0 Å². The zero-order valence-electron chi connectivity index (χ0n) is 17.1. The third-order valence-electron chi connectivity index (χ3n) is 7.85. The zero-order valence-corrected chi connectivity index (χ0v) is 17.1. The third-order valence-corrected chi connectivity index (χ3v) is 7.85. The van der Waals surface area contributed by atoms with Gasteiger partial charge in [-0.1, -0.05) is 73.5 Å². The Bertz CT molecular complexity index is 431. The molecule has 0 bridgehead atoms. The van der Waals surface area contributed by atoms with E-state index in [0.717, 1.165) is 17.8 Å². The molecule has 134 valence electrons. The first-order valence-corrected chi connectivity index (χ1v) is 10.3. The second-order valence-electron chi connectivity index (χ2n) is 10.3. The van der Waals surface area contributed by atoms with Gasteiger partial charge in [0, 0.05) is 0 Å². The minimum atomic E-state index is 0.554. The summed E-state index contributed by atoms with van der Waals surface area (Å²) in [5.74, 6) is 2.56. The molecule has 5 unspecified atom stereocenters. The van der Waals surface area contributed by atoms with Crippen LogP contribution in [0, 0.1) is 34.0 Å². The molecule has 3 saturated carbocycles. The Kier molecular flexibility index (Phi) is 5.44. The standard InChI is InChI=1S/C20H34.C3H8/c1-14-12-17-19(5,13-15(14)2)11-8-16-18(3,4)9-7-10-20(16,17)6;1-3-2/h15-17H,1,7-13H2,2-6H3;3H2,1-2H3. The Morgan fingerprint density at radius 2 is 1.61 bits per heavy atom. The van der Waals surface area contributed by atoms with Crippen LogP contribution in [0.3, 0.4) is 0 Å². The highest BCUT2D eigenvalue weighted by atomic mass is 14.6. The van der Waals surface area contributed by atoms with Crippen molar-refractivity contribution < 1.29 is 0 Å². The largest absolute Gasteiger partial charge is 0.0996 e. The van der Waals surface area contributed by atoms with E-state index in [1.54, 1.807) is 0 Å². The highest BCUT2D eigenvalue weighted by molar-refractivity contribution is 5.16. The Morgan fingerprint density at radius 3 is 2.22 bits per heavy atom. The van der Waals surface area contributed by atoms with Gasteiger partial charge in [-0.3, -0.25) is 0 Å². The molecule has 3 aliphatic rings. The monoisotopic (exact) mass is 318 g/mol. The predicted octanol–water partition coefficient (Wildman–Crippen LogP) is 7.64. The van der Waals surface area contributed by atoms with E-state index in [-0.39, 0.29) is 0 Å². The van der Waals surface area contributed by atoms with Crippen molar-refractivity contribution in [1.29, 1.82) is 0 Å². The molecule has 23 heavy (non-hydrogen) atoms. The maximum absolute atomic E-state index is 4.42. The van der Waals surface area contributed by atoms with Gasteiger partial charge in [0.1, 0.15) is 0 Å². The lowest BCUT2D eigenvalue weighted by atomic mass is 9.40. The van der Waals surface area contributed by atoms with E-state index in [4.69, 9.17) is 0 Å². The number of fused-ring (bicyclic) bond motifs is 3. The second-order valence-corrected chi connectivity index (χ2v) is 10.3. The lowest BCUT2D eigenvalue weighted by Gasteiger charge is -2.65. The van der Waals surface area contributed by atoms with Crippen LogP contribution in [0.25, 0.3) is 0 Å². The third kappa shape index (κ3) is 3.29. The van der Waals surface area contributed by atoms with Crippen LogP contribution in [0.1, 0.15) is 99.8 Å². The van der Waals surface area contributed by atoms with Crippen molar-refractivity contribution in [3.8, 4) is 0 Å². The Hall–Kier alpha value is -0.260. The summed E-state index contributed by atoms with van der Waals surface area (Å²) in [6.45, 7) is 21.4. The molecule has 0 nitrogen and oxygen atoms in total. The van der Waals surface area contributed by atoms with Gasteiger partial charge in [0.15, 0.2) is 0 Å². The molecule has 5 atom stereocenters. The first kappa shape index (κ1) is 19.1. The van der Waals surface area contributed by atoms with Gasteiger partial charge in [0.05, 0.1) is 0 Å². The first-order valence-electron chi connectivity index (χ1n) is 10.3. The van der Waals surface area contributed by atoms with Crippen molar-refractivity contribution in [2.24, 2.45) is 34.0 Å². The fraction of sp³-hybridized carbons (Fsp3) is 0.913. The molecular formula is C23H42. The van der Waals surface area contributed by atoms with Crippen LogP contribution in [0.4, 0.5) is 0 Å². The second kappa shape index (κ2) is 6.57. The van der Waals surface area contributed by atoms with Gasteiger partial charge in [0.2, 0.25) is 0 Å². The van der Waals surface area contributed by atoms with Gasteiger partial charge in [-0.25, -0.2) is 0 Å². The summed E-state index contributed by atoms with van der Waals surface area (Å²) in [6, 6.07) is 0. The van der Waals surface area contributed by atoms with Crippen LogP contribution in [0.15, 0.2) is 12.2 Å². The van der Waals surface area contributed by atoms with Crippen LogP contribution in [0.2, 0.25) is 0 Å². The van der Waals surface area contributed by atoms with E-state index in [0.29, 0.717) is 16.2 Å². The molecule has 3 aliphatic carbocycles. The Labute approximate surface area is 146 Å². The molecule has 3 rings (SSSR count). The minimum Gasteiger partial charge on any atom is -0.0996 e. The van der Waals surface area contributed by atoms with Gasteiger partial charge < -0.3 is 0 Å². The van der Waals surface area contributed by atoms with Crippen molar-refractivity contribution in [2.75, 3.05) is 0 Å². The number of rotatable bonds is 0. The Balaban J connectivity index is 0.000000595. The summed E-state index contributed by atoms with van der Waals surface area (Å²) in [5, 5.41) is 0. The lowest BCUT2D eigenvalue weighted by Crippen LogP contribution is -2.56. The fourth-order valence-corrected chi connectivity index (χ4v) is 6.78. The van der Waals surface area contributed by atoms with E-state index < -0.39 is 0 Å². The molecule has 0 heterocycles. The summed E-state index contributed by atoms with van der Waals surface area (Å²) < 4.78 is 0. The molecule has 0 heteroatoms. The van der Waals surface area contributed by atoms with E-state index >= 15 is 0 Å². The Morgan fingerprint density at radius 1 is 1.00 bits per heavy atom. The molecule has 0 amide bonds. The average molecular weight is 319 g/mol. The van der Waals surface area contributed by atoms with E-state index in [1.807, 2.05) is 0 Å². The van der Waals surface area contributed by atoms with E-state index in [1.165, 1.54) is 56.9 Å². The SMILES string of the molecule is C=C1CC2C(C)(CCC3C(C)(C)CCCC32C)CC1C.CCC. The zero-order chi connectivity index (χ0) is 17.5. The lowest BCUT2D eigenvalue weighted by molar-refractivity contribution is -0.141. The maximum atomic E-state index is 4.42. The van der Waals surface area contributed by atoms with Crippen LogP contribution < -0.4 is 0 Å². The molecule has 0 spiro atoms. The highest BCUT2D eigenvalue weighted by Gasteiger charge is 2.59. The van der Waals surface area contributed by atoms with Gasteiger partial charge in [-0.15, -0.1) is 0 Å². The predicted molar refractivity (Wildman–Crippen MR) is 104 cm³/mol. The molecule has 0 aromatic rings. The van der Waals surface area contributed by atoms with Crippen molar-refractivity contribution in [3.63, 3.8) is 0 Å². The summed E-state index contributed by atoms with van der Waals surface area (Å²) in [7, 11) is 0. The molecular weight excluding hydrogens is 276 g/mol. The average Bonchev–Trinajstić information content (AvgIpc) is 2.41. The summed E-state index contributed by atoms with van der Waals surface area (Å²) >= 11 is 0. The molecule has 0 saturated heterocycles. The summed E-state index contributed by atoms with van der Waals surface area (Å²) in [4.78, 5) is 0. The van der Waals surface area contributed by atoms with Crippen LogP contribution in [-0.2, 0) is 0 Å². The highest BCUT2D eigenvalue weighted by Crippen LogP contribution is 2.68. The van der Waals surface area contributed by atoms with Crippen molar-refractivity contribution in [2.45, 2.75) is 99.8 Å². The minimum absolute atomic E-state index is 0.554. The number of allylic oxidation sites excluding steroid dienone is 1. The van der Waals surface area contributed by atoms with Crippen LogP contribution >= 0.6 is 0 Å².